The number of fused-ring (bicyclic) bond motifs is 6. The fourth-order valence-electron chi connectivity index (χ4n) is 8.01. The predicted octanol–water partition coefficient (Wildman–Crippen LogP) is 11.2. The van der Waals surface area contributed by atoms with E-state index in [0.29, 0.717) is 0 Å². The minimum absolute atomic E-state index is 0.900. The van der Waals surface area contributed by atoms with Crippen molar-refractivity contribution in [2.45, 2.75) is 0 Å². The van der Waals surface area contributed by atoms with Crippen LogP contribution < -0.4 is 0 Å². The fourth-order valence-corrected chi connectivity index (χ4v) is 8.01. The summed E-state index contributed by atoms with van der Waals surface area (Å²) in [5, 5.41) is 7.33. The van der Waals surface area contributed by atoms with Gasteiger partial charge in [0.05, 0.1) is 44.2 Å². The number of hydrogen-bond donors (Lipinski definition) is 0. The molecule has 0 radical (unpaired) electrons. The molecular formula is C42H25N3O. The normalized spacial score (nSPS) is 12.3. The summed E-state index contributed by atoms with van der Waals surface area (Å²) >= 11 is 0. The van der Waals surface area contributed by atoms with E-state index in [-0.39, 0.29) is 0 Å². The highest BCUT2D eigenvalue weighted by molar-refractivity contribution is 6.25. The molecule has 0 saturated heterocycles. The van der Waals surface area contributed by atoms with Gasteiger partial charge >= 0.3 is 0 Å². The van der Waals surface area contributed by atoms with Gasteiger partial charge in [-0.05, 0) is 78.9 Å². The third kappa shape index (κ3) is 2.98. The number of hydrogen-bond acceptors (Lipinski definition) is 1. The molecule has 0 saturated carbocycles. The Bertz CT molecular complexity index is 2900. The van der Waals surface area contributed by atoms with Gasteiger partial charge in [0.1, 0.15) is 11.2 Å². The van der Waals surface area contributed by atoms with Crippen molar-refractivity contribution in [3.05, 3.63) is 152 Å². The van der Waals surface area contributed by atoms with E-state index in [9.17, 15) is 0 Å². The van der Waals surface area contributed by atoms with Gasteiger partial charge in [-0.25, -0.2) is 0 Å². The second kappa shape index (κ2) is 8.68. The van der Waals surface area contributed by atoms with E-state index in [1.54, 1.807) is 0 Å². The molecule has 0 aliphatic rings. The Morgan fingerprint density at radius 3 is 1.65 bits per heavy atom. The summed E-state index contributed by atoms with van der Waals surface area (Å²) in [5.74, 6) is 0. The molecule has 4 heteroatoms. The lowest BCUT2D eigenvalue weighted by Crippen LogP contribution is -1.98. The summed E-state index contributed by atoms with van der Waals surface area (Å²) in [5.41, 5.74) is 12.5. The van der Waals surface area contributed by atoms with Gasteiger partial charge in [0.2, 0.25) is 0 Å². The monoisotopic (exact) mass is 587 g/mol. The maximum Gasteiger partial charge on any atom is 0.137 e. The number of nitrogens with zero attached hydrogens (tertiary/aromatic N) is 3. The Morgan fingerprint density at radius 2 is 0.891 bits per heavy atom. The van der Waals surface area contributed by atoms with Crippen LogP contribution in [0.15, 0.2) is 156 Å². The van der Waals surface area contributed by atoms with Crippen molar-refractivity contribution in [2.24, 2.45) is 0 Å². The number of aromatic nitrogens is 3. The van der Waals surface area contributed by atoms with Gasteiger partial charge in [0, 0.05) is 38.3 Å². The Balaban J connectivity index is 1.21. The molecule has 7 aromatic carbocycles. The highest BCUT2D eigenvalue weighted by Crippen LogP contribution is 2.44. The SMILES string of the molecule is c1ccc(-n2c3cccc4c3c3c2cccc3n4-c2ccc3c(c2)c2ccccc2n3-c2cccc3oc4ccccc4c23)cc1. The van der Waals surface area contributed by atoms with Crippen LogP contribution in [-0.2, 0) is 0 Å². The molecule has 0 N–H and O–H groups in total. The average molecular weight is 588 g/mol. The van der Waals surface area contributed by atoms with E-state index in [4.69, 9.17) is 4.42 Å². The number of rotatable bonds is 3. The van der Waals surface area contributed by atoms with Crippen LogP contribution in [0.25, 0.3) is 93.6 Å². The molecule has 0 aliphatic carbocycles. The summed E-state index contributed by atoms with van der Waals surface area (Å²) < 4.78 is 13.5. The third-order valence-electron chi connectivity index (χ3n) is 9.80. The zero-order valence-electron chi connectivity index (χ0n) is 24.7. The van der Waals surface area contributed by atoms with Gasteiger partial charge in [0.15, 0.2) is 0 Å². The molecule has 0 atom stereocenters. The van der Waals surface area contributed by atoms with E-state index in [0.717, 1.165) is 33.3 Å². The largest absolute Gasteiger partial charge is 0.456 e. The zero-order valence-corrected chi connectivity index (χ0v) is 24.7. The lowest BCUT2D eigenvalue weighted by atomic mass is 10.1. The van der Waals surface area contributed by atoms with Crippen LogP contribution in [0.3, 0.4) is 0 Å². The van der Waals surface area contributed by atoms with Crippen LogP contribution in [0.5, 0.6) is 0 Å². The van der Waals surface area contributed by atoms with Gasteiger partial charge in [-0.15, -0.1) is 0 Å². The number of furan rings is 1. The fraction of sp³-hybridized carbons (Fsp3) is 0. The molecule has 4 nitrogen and oxygen atoms in total. The summed E-state index contributed by atoms with van der Waals surface area (Å²) in [6, 6.07) is 54.4. The van der Waals surface area contributed by atoms with Crippen molar-refractivity contribution in [3.63, 3.8) is 0 Å². The number of para-hydroxylation sites is 3. The summed E-state index contributed by atoms with van der Waals surface area (Å²) in [6.07, 6.45) is 0. The van der Waals surface area contributed by atoms with Gasteiger partial charge in [-0.1, -0.05) is 72.8 Å². The maximum absolute atomic E-state index is 6.29. The standard InChI is InChI=1S/C42H25N3O/c1-2-11-26(12-3-1)43-34-16-8-18-36-41(34)42-35(43)17-9-19-37(42)44(36)27-23-24-32-30(25-27)28-13-4-6-15-31(28)45(32)33-20-10-22-39-40(33)29-14-5-7-21-38(29)46-39/h1-25H. The topological polar surface area (TPSA) is 27.9 Å². The summed E-state index contributed by atoms with van der Waals surface area (Å²) in [7, 11) is 0. The summed E-state index contributed by atoms with van der Waals surface area (Å²) in [6.45, 7) is 0. The average Bonchev–Trinajstić information content (AvgIpc) is 3.85. The second-order valence-electron chi connectivity index (χ2n) is 12.2. The van der Waals surface area contributed by atoms with Crippen molar-refractivity contribution < 1.29 is 4.42 Å². The van der Waals surface area contributed by atoms with E-state index < -0.39 is 0 Å². The van der Waals surface area contributed by atoms with E-state index in [1.165, 1.54) is 60.3 Å². The van der Waals surface area contributed by atoms with Crippen molar-refractivity contribution in [2.75, 3.05) is 0 Å². The molecule has 46 heavy (non-hydrogen) atoms. The van der Waals surface area contributed by atoms with Crippen LogP contribution in [-0.4, -0.2) is 13.7 Å². The second-order valence-corrected chi connectivity index (χ2v) is 12.2. The first kappa shape index (κ1) is 24.1. The van der Waals surface area contributed by atoms with Gasteiger partial charge in [0.25, 0.3) is 0 Å². The van der Waals surface area contributed by atoms with Crippen LogP contribution in [0, 0.1) is 0 Å². The lowest BCUT2D eigenvalue weighted by Gasteiger charge is -2.13. The Labute approximate surface area is 262 Å². The molecule has 0 unspecified atom stereocenters. The smallest absolute Gasteiger partial charge is 0.137 e. The van der Waals surface area contributed by atoms with Crippen molar-refractivity contribution in [1.29, 1.82) is 0 Å². The summed E-state index contributed by atoms with van der Waals surface area (Å²) in [4.78, 5) is 0. The van der Waals surface area contributed by atoms with Gasteiger partial charge < -0.3 is 18.1 Å². The van der Waals surface area contributed by atoms with Crippen LogP contribution in [0.4, 0.5) is 0 Å². The molecule has 0 bridgehead atoms. The number of benzene rings is 7. The molecule has 0 aliphatic heterocycles. The predicted molar refractivity (Wildman–Crippen MR) is 190 cm³/mol. The van der Waals surface area contributed by atoms with E-state index in [1.807, 2.05) is 12.1 Å². The van der Waals surface area contributed by atoms with Crippen LogP contribution >= 0.6 is 0 Å². The van der Waals surface area contributed by atoms with Crippen molar-refractivity contribution >= 4 is 76.6 Å². The van der Waals surface area contributed by atoms with Gasteiger partial charge in [-0.3, -0.25) is 0 Å². The molecule has 0 fully saturated rings. The Morgan fingerprint density at radius 1 is 0.326 bits per heavy atom. The zero-order chi connectivity index (χ0) is 29.9. The third-order valence-corrected chi connectivity index (χ3v) is 9.80. The van der Waals surface area contributed by atoms with Crippen LogP contribution in [0.2, 0.25) is 0 Å². The molecule has 4 aromatic heterocycles. The van der Waals surface area contributed by atoms with Crippen molar-refractivity contribution in [1.82, 2.24) is 13.7 Å². The molecule has 0 spiro atoms. The minimum atomic E-state index is 0.900. The maximum atomic E-state index is 6.29. The minimum Gasteiger partial charge on any atom is -0.456 e. The first-order chi connectivity index (χ1) is 22.8. The van der Waals surface area contributed by atoms with E-state index in [2.05, 4.69) is 153 Å². The first-order valence-electron chi connectivity index (χ1n) is 15.7. The highest BCUT2D eigenvalue weighted by Gasteiger charge is 2.23. The molecule has 11 rings (SSSR count). The molecular weight excluding hydrogens is 562 g/mol. The molecule has 214 valence electrons. The van der Waals surface area contributed by atoms with E-state index >= 15 is 0 Å². The Hall–Kier alpha value is -6.26. The van der Waals surface area contributed by atoms with Crippen molar-refractivity contribution in [3.8, 4) is 17.1 Å². The molecule has 0 amide bonds. The molecule has 11 aromatic rings. The first-order valence-corrected chi connectivity index (χ1v) is 15.7. The van der Waals surface area contributed by atoms with Gasteiger partial charge in [-0.2, -0.15) is 0 Å². The lowest BCUT2D eigenvalue weighted by molar-refractivity contribution is 0.669. The molecule has 4 heterocycles. The highest BCUT2D eigenvalue weighted by atomic mass is 16.3. The Kier molecular flexibility index (Phi) is 4.55. The quantitative estimate of drug-likeness (QED) is 0.202. The van der Waals surface area contributed by atoms with Crippen LogP contribution in [0.1, 0.15) is 0 Å².